The molecule has 0 bridgehead atoms. The lowest BCUT2D eigenvalue weighted by molar-refractivity contribution is -0.136. The fourth-order valence-electron chi connectivity index (χ4n) is 17.0. The monoisotopic (exact) mass is 1570 g/mol. The Bertz CT molecular complexity index is 4970. The average Bonchev–Trinajstić information content (AvgIpc) is 1.70. The van der Waals surface area contributed by atoms with Crippen molar-refractivity contribution >= 4 is 60.2 Å². The molecule has 0 spiro atoms. The molecule has 28 nitrogen and oxygen atoms in total. The minimum atomic E-state index is -0.695. The molecule has 606 valence electrons. The van der Waals surface area contributed by atoms with E-state index < -0.39 is 48.5 Å². The number of likely N-dealkylation sites (tertiary alicyclic amines) is 4. The number of carbonyl (C=O) groups excluding carboxylic acids is 8. The second-order valence-electron chi connectivity index (χ2n) is 32.0. The van der Waals surface area contributed by atoms with Gasteiger partial charge in [0.15, 0.2) is 0 Å². The van der Waals surface area contributed by atoms with Gasteiger partial charge in [-0.25, -0.2) is 39.1 Å². The summed E-state index contributed by atoms with van der Waals surface area (Å²) < 4.78 is 19.1. The first kappa shape index (κ1) is 81.2. The van der Waals surface area contributed by atoms with Crippen molar-refractivity contribution < 1.29 is 57.3 Å². The Morgan fingerprint density at radius 1 is 0.383 bits per heavy atom. The van der Waals surface area contributed by atoms with Crippen molar-refractivity contribution in [1.29, 1.82) is 0 Å². The highest BCUT2D eigenvalue weighted by Gasteiger charge is 2.43. The number of fused-ring (bicyclic) bond motifs is 2. The van der Waals surface area contributed by atoms with E-state index in [1.54, 1.807) is 0 Å². The molecule has 115 heavy (non-hydrogen) atoms. The van der Waals surface area contributed by atoms with Crippen molar-refractivity contribution in [1.82, 2.24) is 80.7 Å². The molecule has 8 aromatic rings. The molecule has 14 rings (SSSR count). The molecule has 0 radical (unpaired) electrons. The van der Waals surface area contributed by atoms with Gasteiger partial charge in [-0.1, -0.05) is 152 Å². The van der Waals surface area contributed by atoms with Crippen molar-refractivity contribution in [3.63, 3.8) is 0 Å². The molecule has 6 aliphatic rings. The third kappa shape index (κ3) is 17.2. The number of imidazole rings is 4. The summed E-state index contributed by atoms with van der Waals surface area (Å²) in [6.07, 6.45) is 19.6. The quantitative estimate of drug-likeness (QED) is 0.0292. The fraction of sp³-hybridized carbons (Fsp3) is 0.448. The number of hydrogen-bond acceptors (Lipinski definition) is 16. The number of ether oxygens (including phenoxy) is 4. The molecular formula is C87H106N16O12. The highest BCUT2D eigenvalue weighted by molar-refractivity contribution is 5.91. The number of nitrogens with one attached hydrogen (secondary N) is 8. The number of H-pyrrole nitrogens is 4. The van der Waals surface area contributed by atoms with Gasteiger partial charge >= 0.3 is 24.4 Å². The Labute approximate surface area is 670 Å². The second-order valence-corrected chi connectivity index (χ2v) is 32.0. The summed E-state index contributed by atoms with van der Waals surface area (Å²) >= 11 is 0. The number of amides is 8. The maximum atomic E-state index is 13.7. The van der Waals surface area contributed by atoms with Crippen LogP contribution < -0.4 is 21.3 Å². The van der Waals surface area contributed by atoms with Crippen LogP contribution in [-0.4, -0.2) is 186 Å². The maximum absolute atomic E-state index is 13.7. The first-order valence-corrected chi connectivity index (χ1v) is 40.0. The number of hydrogen-bond donors (Lipinski definition) is 8. The topological polar surface area (TPSA) is 349 Å². The predicted molar refractivity (Wildman–Crippen MR) is 436 cm³/mol. The van der Waals surface area contributed by atoms with E-state index in [4.69, 9.17) is 38.9 Å². The van der Waals surface area contributed by atoms with Crippen LogP contribution in [0, 0.1) is 23.7 Å². The van der Waals surface area contributed by atoms with E-state index in [1.807, 2.05) is 99.8 Å². The van der Waals surface area contributed by atoms with Gasteiger partial charge in [0, 0.05) is 37.3 Å². The lowest BCUT2D eigenvalue weighted by Gasteiger charge is -2.30. The summed E-state index contributed by atoms with van der Waals surface area (Å²) in [7, 11) is 5.17. The highest BCUT2D eigenvalue weighted by atomic mass is 16.5. The minimum absolute atomic E-state index is 0.107. The first-order valence-electron chi connectivity index (χ1n) is 40.0. The molecule has 2 aliphatic carbocycles. The second kappa shape index (κ2) is 35.3. The third-order valence-electron chi connectivity index (χ3n) is 23.1. The van der Waals surface area contributed by atoms with E-state index in [2.05, 4.69) is 139 Å². The number of aromatic amines is 4. The van der Waals surface area contributed by atoms with Gasteiger partial charge in [0.05, 0.1) is 100 Å². The number of rotatable bonds is 22. The summed E-state index contributed by atoms with van der Waals surface area (Å²) in [6.45, 7) is 19.8. The molecule has 4 aromatic carbocycles. The van der Waals surface area contributed by atoms with Gasteiger partial charge in [0.2, 0.25) is 23.6 Å². The smallest absolute Gasteiger partial charge is 0.407 e. The van der Waals surface area contributed by atoms with Crippen LogP contribution in [0.4, 0.5) is 19.2 Å². The number of alkyl carbamates (subject to hydrolysis) is 4. The van der Waals surface area contributed by atoms with Gasteiger partial charge in [-0.15, -0.1) is 0 Å². The normalized spacial score (nSPS) is 18.6. The van der Waals surface area contributed by atoms with Crippen LogP contribution in [0.1, 0.15) is 183 Å². The van der Waals surface area contributed by atoms with Gasteiger partial charge in [-0.2, -0.15) is 0 Å². The van der Waals surface area contributed by atoms with Crippen molar-refractivity contribution in [2.75, 3.05) is 54.6 Å². The Morgan fingerprint density at radius 2 is 0.670 bits per heavy atom. The number of carbonyl (C=O) groups is 8. The van der Waals surface area contributed by atoms with Crippen molar-refractivity contribution in [3.8, 4) is 67.3 Å². The van der Waals surface area contributed by atoms with Crippen LogP contribution in [0.15, 0.2) is 109 Å². The SMILES string of the molecule is COC(=O)N[C@H](C(=O)N1CCC[C@H]1c1ncc(-c2ccc(-c3ccc(-c4cnc([C@@H]5CCCN5C(=O)[C@@H](NC(=O)OC)C(C)C)[nH]4)c4c3CC(C)=C4)cc2)[nH]1)C(C)C.COC(=O)N[C@H](C(=O)N1CCC[C@H]1c1ncc(-c2ccc(-c3ccc(-c4cnc([C@@H]5CCCN5C(=O)[C@@H](NC(=O)OC)C(C)C)[nH]4)c4c3CC=C4)cc2)[nH]1)C(C)C. The lowest BCUT2D eigenvalue weighted by Crippen LogP contribution is -2.51. The van der Waals surface area contributed by atoms with Crippen molar-refractivity contribution in [2.24, 2.45) is 23.7 Å². The molecule has 0 unspecified atom stereocenters. The fourth-order valence-corrected chi connectivity index (χ4v) is 17.0. The highest BCUT2D eigenvalue weighted by Crippen LogP contribution is 2.44. The zero-order valence-corrected chi connectivity index (χ0v) is 67.8. The van der Waals surface area contributed by atoms with Gasteiger partial charge in [-0.05, 0) is 150 Å². The zero-order chi connectivity index (χ0) is 81.6. The standard InChI is InChI=1S/C44H54N8O6.C43H52N8O6/c1-24(2)37(49-43(55)57-6)41(53)51-18-8-10-35(51)39-45-22-33(47-39)28-14-12-27(13-15-28)29-16-17-30(32-21-26(5)20-31(29)32)34-23-46-40(48-34)36-11-9-19-52(36)42(54)38(25(3)4)50-44(56)58-7;1-24(2)36(48-42(54)56-5)40(52)50-20-8-12-34(50)38-44-22-32(46-38)27-16-14-26(15-17-27)28-18-19-31(30-11-7-10-29(28)30)33-23-45-39(47-33)35-13-9-21-51(35)41(53)37(25(3)4)49-43(55)57-6/h12-17,21-25,35-38H,8-11,18-20H2,1-7H3,(H,45,47)(H,46,48)(H,49,55)(H,50,56);7,11,14-19,22-25,34-37H,8-10,12-13,20-21H2,1-6H3,(H,44,46)(H,45,47)(H,48,54)(H,49,55)/t35-,36-,37-,38-;34-,35-,36-,37-/m00/s1. The number of methoxy groups -OCH3 is 4. The number of aromatic nitrogens is 8. The van der Waals surface area contributed by atoms with Gasteiger partial charge in [0.1, 0.15) is 47.5 Å². The molecule has 4 saturated heterocycles. The van der Waals surface area contributed by atoms with Crippen molar-refractivity contribution in [3.05, 3.63) is 155 Å². The largest absolute Gasteiger partial charge is 0.453 e. The summed E-state index contributed by atoms with van der Waals surface area (Å²) in [4.78, 5) is 143. The first-order chi connectivity index (χ1) is 55.4. The van der Waals surface area contributed by atoms with E-state index in [0.717, 1.165) is 166 Å². The van der Waals surface area contributed by atoms with Gasteiger partial charge in [0.25, 0.3) is 0 Å². The summed E-state index contributed by atoms with van der Waals surface area (Å²) in [5.41, 5.74) is 18.2. The molecule has 4 aliphatic heterocycles. The molecule has 0 saturated carbocycles. The summed E-state index contributed by atoms with van der Waals surface area (Å²) in [6, 6.07) is 21.8. The van der Waals surface area contributed by atoms with Crippen LogP contribution in [0.3, 0.4) is 0 Å². The average molecular weight is 1570 g/mol. The van der Waals surface area contributed by atoms with Crippen LogP contribution >= 0.6 is 0 Å². The Morgan fingerprint density at radius 3 is 0.991 bits per heavy atom. The van der Waals surface area contributed by atoms with E-state index in [9.17, 15) is 38.4 Å². The van der Waals surface area contributed by atoms with E-state index in [-0.39, 0.29) is 71.5 Å². The molecule has 8 N–H and O–H groups in total. The molecule has 8 amide bonds. The van der Waals surface area contributed by atoms with Gasteiger partial charge < -0.3 is 79.8 Å². The number of allylic oxidation sites excluding steroid dienone is 2. The van der Waals surface area contributed by atoms with Crippen LogP contribution in [0.25, 0.3) is 79.4 Å². The third-order valence-corrected chi connectivity index (χ3v) is 23.1. The summed E-state index contributed by atoms with van der Waals surface area (Å²) in [5.74, 6) is 1.93. The molecule has 8 atom stereocenters. The van der Waals surface area contributed by atoms with E-state index >= 15 is 0 Å². The van der Waals surface area contributed by atoms with E-state index in [0.29, 0.717) is 26.2 Å². The molecule has 4 fully saturated rings. The Kier molecular flexibility index (Phi) is 24.9. The number of nitrogens with zero attached hydrogens (tertiary/aromatic N) is 8. The zero-order valence-electron chi connectivity index (χ0n) is 67.8. The minimum Gasteiger partial charge on any atom is -0.453 e. The lowest BCUT2D eigenvalue weighted by atomic mass is 9.91. The number of benzene rings is 4. The molecule has 4 aromatic heterocycles. The van der Waals surface area contributed by atoms with Gasteiger partial charge in [-0.3, -0.25) is 19.2 Å². The van der Waals surface area contributed by atoms with Crippen LogP contribution in [0.2, 0.25) is 0 Å². The molecule has 8 heterocycles. The molecular weight excluding hydrogens is 1460 g/mol. The van der Waals surface area contributed by atoms with E-state index in [1.165, 1.54) is 45.1 Å². The Balaban J connectivity index is 0.000000200. The summed E-state index contributed by atoms with van der Waals surface area (Å²) in [5, 5.41) is 10.8. The predicted octanol–water partition coefficient (Wildman–Crippen LogP) is 14.0. The van der Waals surface area contributed by atoms with Crippen LogP contribution in [0.5, 0.6) is 0 Å². The van der Waals surface area contributed by atoms with Crippen molar-refractivity contribution in [2.45, 2.75) is 175 Å². The molecule has 28 heteroatoms. The Hall–Kier alpha value is -11.8. The maximum Gasteiger partial charge on any atom is 0.407 e. The van der Waals surface area contributed by atoms with Crippen LogP contribution in [-0.2, 0) is 51.0 Å².